The van der Waals surface area contributed by atoms with E-state index >= 15 is 0 Å². The van der Waals surface area contributed by atoms with E-state index in [2.05, 4.69) is 0 Å². The van der Waals surface area contributed by atoms with Crippen LogP contribution in [0.5, 0.6) is 0 Å². The molecule has 0 spiro atoms. The minimum atomic E-state index is -0.351. The third kappa shape index (κ3) is 1.27. The number of allylic oxidation sites excluding steroid dienone is 2. The Kier molecular flexibility index (Phi) is 2.40. The highest BCUT2D eigenvalue weighted by atomic mass is 16.5. The maximum atomic E-state index is 11.9. The Morgan fingerprint density at radius 3 is 2.19 bits per heavy atom. The van der Waals surface area contributed by atoms with Crippen LogP contribution in [0.25, 0.3) is 0 Å². The van der Waals surface area contributed by atoms with Gasteiger partial charge in [0.1, 0.15) is 0 Å². The van der Waals surface area contributed by atoms with Crippen molar-refractivity contribution in [1.82, 2.24) is 0 Å². The topological polar surface area (TPSA) is 67.2 Å². The van der Waals surface area contributed by atoms with E-state index in [0.717, 1.165) is 6.21 Å². The van der Waals surface area contributed by atoms with E-state index in [1.165, 1.54) is 7.11 Å². The molecule has 0 bridgehead atoms. The monoisotopic (exact) mass is 215 g/mol. The summed E-state index contributed by atoms with van der Waals surface area (Å²) in [6, 6.07) is 6.52. The Morgan fingerprint density at radius 2 is 1.69 bits per heavy atom. The van der Waals surface area contributed by atoms with Crippen LogP contribution in [-0.2, 0) is 4.74 Å². The van der Waals surface area contributed by atoms with Crippen molar-refractivity contribution >= 4 is 17.8 Å². The molecule has 0 amide bonds. The molecule has 0 aromatic heterocycles. The molecule has 0 fully saturated rings. The lowest BCUT2D eigenvalue weighted by Gasteiger charge is -2.17. The number of Topliss-reactive ketones (excluding diaryl/α,β-unsaturated/α-hetero) is 2. The first-order valence-corrected chi connectivity index (χ1v) is 4.68. The maximum absolute atomic E-state index is 11.9. The molecule has 0 saturated heterocycles. The molecule has 1 aromatic carbocycles. The summed E-state index contributed by atoms with van der Waals surface area (Å²) in [5.41, 5.74) is 0.660. The SMILES string of the molecule is COC1=C(C=N)C(=O)c2ccccc2C1=O. The van der Waals surface area contributed by atoms with Crippen LogP contribution in [0.1, 0.15) is 20.7 Å². The zero-order valence-corrected chi connectivity index (χ0v) is 8.61. The Balaban J connectivity index is 2.71. The van der Waals surface area contributed by atoms with Gasteiger partial charge in [0.05, 0.1) is 12.7 Å². The second-order valence-electron chi connectivity index (χ2n) is 3.30. The van der Waals surface area contributed by atoms with Gasteiger partial charge in [-0.15, -0.1) is 0 Å². The van der Waals surface area contributed by atoms with E-state index in [9.17, 15) is 9.59 Å². The molecule has 1 N–H and O–H groups in total. The summed E-state index contributed by atoms with van der Waals surface area (Å²) in [6.45, 7) is 0. The number of ether oxygens (including phenoxy) is 1. The van der Waals surface area contributed by atoms with E-state index in [0.29, 0.717) is 11.1 Å². The summed E-state index contributed by atoms with van der Waals surface area (Å²) in [5, 5.41) is 7.16. The predicted octanol–water partition coefficient (Wildman–Crippen LogP) is 1.62. The predicted molar refractivity (Wildman–Crippen MR) is 57.9 cm³/mol. The van der Waals surface area contributed by atoms with Crippen molar-refractivity contribution < 1.29 is 14.3 Å². The maximum Gasteiger partial charge on any atom is 0.229 e. The van der Waals surface area contributed by atoms with E-state index in [1.54, 1.807) is 24.3 Å². The first-order chi connectivity index (χ1) is 7.70. The second kappa shape index (κ2) is 3.73. The van der Waals surface area contributed by atoms with Gasteiger partial charge < -0.3 is 10.1 Å². The van der Waals surface area contributed by atoms with E-state index in [1.807, 2.05) is 0 Å². The summed E-state index contributed by atoms with van der Waals surface area (Å²) in [5.74, 6) is -0.753. The number of benzene rings is 1. The Hall–Kier alpha value is -2.23. The Labute approximate surface area is 92.0 Å². The van der Waals surface area contributed by atoms with Gasteiger partial charge in [-0.1, -0.05) is 24.3 Å². The van der Waals surface area contributed by atoms with Gasteiger partial charge in [0.2, 0.25) is 5.78 Å². The molecule has 0 aliphatic heterocycles. The number of carbonyl (C=O) groups is 2. The lowest BCUT2D eigenvalue weighted by Crippen LogP contribution is -2.23. The van der Waals surface area contributed by atoms with Crippen LogP contribution >= 0.6 is 0 Å². The van der Waals surface area contributed by atoms with Crippen LogP contribution in [0.3, 0.4) is 0 Å². The van der Waals surface area contributed by atoms with Crippen molar-refractivity contribution in [2.24, 2.45) is 0 Å². The van der Waals surface area contributed by atoms with Crippen LogP contribution in [0, 0.1) is 5.41 Å². The van der Waals surface area contributed by atoms with Crippen LogP contribution < -0.4 is 0 Å². The highest BCUT2D eigenvalue weighted by molar-refractivity contribution is 6.32. The van der Waals surface area contributed by atoms with Gasteiger partial charge in [-0.3, -0.25) is 9.59 Å². The van der Waals surface area contributed by atoms with Crippen LogP contribution in [0.2, 0.25) is 0 Å². The molecule has 0 saturated carbocycles. The van der Waals surface area contributed by atoms with Crippen LogP contribution in [0.15, 0.2) is 35.6 Å². The molecule has 16 heavy (non-hydrogen) atoms. The van der Waals surface area contributed by atoms with Crippen LogP contribution in [-0.4, -0.2) is 24.9 Å². The molecule has 1 aliphatic rings. The van der Waals surface area contributed by atoms with Gasteiger partial charge >= 0.3 is 0 Å². The summed E-state index contributed by atoms with van der Waals surface area (Å²) in [7, 11) is 1.32. The van der Waals surface area contributed by atoms with Crippen molar-refractivity contribution in [3.05, 3.63) is 46.7 Å². The smallest absolute Gasteiger partial charge is 0.229 e. The fraction of sp³-hybridized carbons (Fsp3) is 0.0833. The van der Waals surface area contributed by atoms with Crippen molar-refractivity contribution in [3.8, 4) is 0 Å². The first-order valence-electron chi connectivity index (χ1n) is 4.68. The van der Waals surface area contributed by atoms with Crippen molar-refractivity contribution in [1.29, 1.82) is 5.41 Å². The van der Waals surface area contributed by atoms with Gasteiger partial charge in [0.25, 0.3) is 0 Å². The number of hydrogen-bond acceptors (Lipinski definition) is 4. The largest absolute Gasteiger partial charge is 0.492 e. The molecule has 0 atom stereocenters. The second-order valence-corrected chi connectivity index (χ2v) is 3.30. The third-order valence-electron chi connectivity index (χ3n) is 2.46. The summed E-state index contributed by atoms with van der Waals surface area (Å²) >= 11 is 0. The molecular formula is C12H9NO3. The Morgan fingerprint density at radius 1 is 1.12 bits per heavy atom. The zero-order valence-electron chi connectivity index (χ0n) is 8.61. The average molecular weight is 215 g/mol. The summed E-state index contributed by atoms with van der Waals surface area (Å²) in [4.78, 5) is 23.8. The lowest BCUT2D eigenvalue weighted by atomic mass is 9.88. The minimum Gasteiger partial charge on any atom is -0.492 e. The number of methoxy groups -OCH3 is 1. The Bertz CT molecular complexity index is 529. The molecule has 4 heteroatoms. The fourth-order valence-corrected chi connectivity index (χ4v) is 1.71. The van der Waals surface area contributed by atoms with Crippen LogP contribution in [0.4, 0.5) is 0 Å². The highest BCUT2D eigenvalue weighted by Crippen LogP contribution is 2.25. The minimum absolute atomic E-state index is 0.00574. The number of ketones is 2. The van der Waals surface area contributed by atoms with Gasteiger partial charge in [-0.05, 0) is 0 Å². The van der Waals surface area contributed by atoms with E-state index in [-0.39, 0.29) is 22.9 Å². The molecule has 1 aromatic rings. The average Bonchev–Trinajstić information content (AvgIpc) is 2.33. The van der Waals surface area contributed by atoms with Gasteiger partial charge in [-0.25, -0.2) is 0 Å². The lowest BCUT2D eigenvalue weighted by molar-refractivity contribution is 0.0911. The number of carbonyl (C=O) groups excluding carboxylic acids is 2. The fourth-order valence-electron chi connectivity index (χ4n) is 1.71. The zero-order chi connectivity index (χ0) is 11.7. The van der Waals surface area contributed by atoms with E-state index < -0.39 is 0 Å². The van der Waals surface area contributed by atoms with Crippen molar-refractivity contribution in [2.45, 2.75) is 0 Å². The van der Waals surface area contributed by atoms with Gasteiger partial charge in [-0.2, -0.15) is 0 Å². The first kappa shape index (κ1) is 10.3. The number of hydrogen-bond donors (Lipinski definition) is 1. The number of fused-ring (bicyclic) bond motifs is 1. The highest BCUT2D eigenvalue weighted by Gasteiger charge is 2.31. The number of nitrogens with one attached hydrogen (secondary N) is 1. The normalized spacial score (nSPS) is 14.8. The van der Waals surface area contributed by atoms with Crippen molar-refractivity contribution in [3.63, 3.8) is 0 Å². The molecule has 80 valence electrons. The molecule has 0 radical (unpaired) electrons. The van der Waals surface area contributed by atoms with Gasteiger partial charge in [0.15, 0.2) is 11.5 Å². The number of rotatable bonds is 2. The molecule has 2 rings (SSSR count). The summed E-state index contributed by atoms with van der Waals surface area (Å²) < 4.78 is 4.89. The standard InChI is InChI=1S/C12H9NO3/c1-16-12-9(6-13)10(14)7-4-2-3-5-8(7)11(12)15/h2-6,13H,1H3. The summed E-state index contributed by atoms with van der Waals surface area (Å²) in [6.07, 6.45) is 0.856. The van der Waals surface area contributed by atoms with Gasteiger partial charge in [0, 0.05) is 17.3 Å². The van der Waals surface area contributed by atoms with Crippen molar-refractivity contribution in [2.75, 3.05) is 7.11 Å². The quantitative estimate of drug-likeness (QED) is 0.762. The molecule has 4 nitrogen and oxygen atoms in total. The molecular weight excluding hydrogens is 206 g/mol. The molecule has 1 aliphatic carbocycles. The van der Waals surface area contributed by atoms with E-state index in [4.69, 9.17) is 10.1 Å². The third-order valence-corrected chi connectivity index (χ3v) is 2.46. The molecule has 0 heterocycles. The molecule has 0 unspecified atom stereocenters.